The van der Waals surface area contributed by atoms with Crippen LogP contribution in [0.15, 0.2) is 24.3 Å². The summed E-state index contributed by atoms with van der Waals surface area (Å²) in [5.74, 6) is 1.09. The molecule has 0 unspecified atom stereocenters. The average Bonchev–Trinajstić information content (AvgIpc) is 3.01. The molecule has 0 aliphatic heterocycles. The van der Waals surface area contributed by atoms with E-state index in [4.69, 9.17) is 0 Å². The van der Waals surface area contributed by atoms with Gasteiger partial charge >= 0.3 is 0 Å². The first kappa shape index (κ1) is 12.5. The van der Waals surface area contributed by atoms with Crippen LogP contribution in [-0.4, -0.2) is 26.5 Å². The molecule has 4 rings (SSSR count). The summed E-state index contributed by atoms with van der Waals surface area (Å²) >= 11 is 0. The monoisotopic (exact) mass is 283 g/mol. The number of aromatic amines is 1. The molecule has 1 heterocycles. The van der Waals surface area contributed by atoms with E-state index in [-0.39, 0.29) is 5.91 Å². The Bertz CT molecular complexity index is 658. The van der Waals surface area contributed by atoms with Crippen molar-refractivity contribution in [2.24, 2.45) is 0 Å². The smallest absolute Gasteiger partial charge is 0.252 e. The summed E-state index contributed by atoms with van der Waals surface area (Å²) < 4.78 is 0. The highest BCUT2D eigenvalue weighted by molar-refractivity contribution is 5.96. The third-order valence-corrected chi connectivity index (χ3v) is 4.63. The quantitative estimate of drug-likeness (QED) is 0.897. The molecule has 2 aromatic rings. The SMILES string of the molecule is O=C(NC1(c2nn[nH]n2)CC1)c1ccccc1C1CCC1. The molecule has 1 aromatic heterocycles. The van der Waals surface area contributed by atoms with Gasteiger partial charge in [0.2, 0.25) is 0 Å². The van der Waals surface area contributed by atoms with Crippen LogP contribution in [0.4, 0.5) is 0 Å². The number of aromatic nitrogens is 4. The molecule has 2 aliphatic rings. The van der Waals surface area contributed by atoms with Crippen molar-refractivity contribution in [3.05, 3.63) is 41.2 Å². The molecule has 0 bridgehead atoms. The summed E-state index contributed by atoms with van der Waals surface area (Å²) in [6.45, 7) is 0. The highest BCUT2D eigenvalue weighted by Gasteiger charge is 2.49. The number of carbonyl (C=O) groups is 1. The Balaban J connectivity index is 1.58. The maximum Gasteiger partial charge on any atom is 0.252 e. The van der Waals surface area contributed by atoms with Crippen LogP contribution in [0.1, 0.15) is 59.8 Å². The zero-order valence-electron chi connectivity index (χ0n) is 11.7. The van der Waals surface area contributed by atoms with Crippen LogP contribution in [0.25, 0.3) is 0 Å². The molecular formula is C15H17N5O. The lowest BCUT2D eigenvalue weighted by Gasteiger charge is -2.28. The number of nitrogens with zero attached hydrogens (tertiary/aromatic N) is 3. The van der Waals surface area contributed by atoms with E-state index in [0.29, 0.717) is 11.7 Å². The Labute approximate surface area is 122 Å². The fourth-order valence-corrected chi connectivity index (χ4v) is 2.96. The van der Waals surface area contributed by atoms with Crippen LogP contribution in [0.3, 0.4) is 0 Å². The minimum Gasteiger partial charge on any atom is -0.339 e. The number of rotatable bonds is 4. The molecule has 2 fully saturated rings. The molecule has 1 aromatic carbocycles. The zero-order valence-corrected chi connectivity index (χ0v) is 11.7. The van der Waals surface area contributed by atoms with Crippen molar-refractivity contribution in [3.8, 4) is 0 Å². The van der Waals surface area contributed by atoms with E-state index in [1.54, 1.807) is 0 Å². The average molecular weight is 283 g/mol. The molecule has 21 heavy (non-hydrogen) atoms. The van der Waals surface area contributed by atoms with Crippen LogP contribution < -0.4 is 5.32 Å². The van der Waals surface area contributed by atoms with Crippen LogP contribution in [0.5, 0.6) is 0 Å². The second kappa shape index (κ2) is 4.65. The van der Waals surface area contributed by atoms with Crippen molar-refractivity contribution < 1.29 is 4.79 Å². The zero-order chi connectivity index (χ0) is 14.3. The fraction of sp³-hybridized carbons (Fsp3) is 0.467. The molecule has 1 amide bonds. The number of benzene rings is 1. The molecule has 2 saturated carbocycles. The van der Waals surface area contributed by atoms with Gasteiger partial charge in [-0.15, -0.1) is 10.2 Å². The maximum absolute atomic E-state index is 12.7. The molecule has 2 N–H and O–H groups in total. The predicted octanol–water partition coefficient (Wildman–Crippen LogP) is 1.89. The normalized spacial score (nSPS) is 19.8. The number of H-pyrrole nitrogens is 1. The van der Waals surface area contributed by atoms with Gasteiger partial charge in [-0.2, -0.15) is 5.21 Å². The number of amides is 1. The number of hydrogen-bond acceptors (Lipinski definition) is 4. The minimum atomic E-state index is -0.420. The van der Waals surface area contributed by atoms with Gasteiger partial charge in [0.1, 0.15) is 5.54 Å². The summed E-state index contributed by atoms with van der Waals surface area (Å²) in [7, 11) is 0. The van der Waals surface area contributed by atoms with Gasteiger partial charge in [0, 0.05) is 5.56 Å². The predicted molar refractivity (Wildman–Crippen MR) is 75.6 cm³/mol. The second-order valence-corrected chi connectivity index (χ2v) is 5.99. The first-order valence-corrected chi connectivity index (χ1v) is 7.44. The van der Waals surface area contributed by atoms with E-state index in [1.807, 2.05) is 18.2 Å². The summed E-state index contributed by atoms with van der Waals surface area (Å²) in [6.07, 6.45) is 5.35. The van der Waals surface area contributed by atoms with Crippen molar-refractivity contribution in [1.82, 2.24) is 25.9 Å². The van der Waals surface area contributed by atoms with Gasteiger partial charge in [-0.3, -0.25) is 4.79 Å². The van der Waals surface area contributed by atoms with Crippen molar-refractivity contribution in [3.63, 3.8) is 0 Å². The Hall–Kier alpha value is -2.24. The van der Waals surface area contributed by atoms with E-state index in [1.165, 1.54) is 24.8 Å². The Kier molecular flexibility index (Phi) is 2.77. The number of nitrogens with one attached hydrogen (secondary N) is 2. The number of hydrogen-bond donors (Lipinski definition) is 2. The van der Waals surface area contributed by atoms with Gasteiger partial charge in [-0.05, 0) is 43.2 Å². The van der Waals surface area contributed by atoms with E-state index in [0.717, 1.165) is 18.4 Å². The van der Waals surface area contributed by atoms with Crippen molar-refractivity contribution in [1.29, 1.82) is 0 Å². The highest BCUT2D eigenvalue weighted by atomic mass is 16.1. The molecule has 2 aliphatic carbocycles. The van der Waals surface area contributed by atoms with Crippen molar-refractivity contribution in [2.45, 2.75) is 43.6 Å². The molecule has 0 radical (unpaired) electrons. The molecule has 0 spiro atoms. The lowest BCUT2D eigenvalue weighted by molar-refractivity contribution is 0.0926. The van der Waals surface area contributed by atoms with Gasteiger partial charge in [0.25, 0.3) is 5.91 Å². The van der Waals surface area contributed by atoms with Crippen molar-refractivity contribution >= 4 is 5.91 Å². The van der Waals surface area contributed by atoms with Crippen LogP contribution in [-0.2, 0) is 5.54 Å². The maximum atomic E-state index is 12.7. The second-order valence-electron chi connectivity index (χ2n) is 5.99. The van der Waals surface area contributed by atoms with Crippen LogP contribution in [0, 0.1) is 0 Å². The van der Waals surface area contributed by atoms with Crippen molar-refractivity contribution in [2.75, 3.05) is 0 Å². The first-order chi connectivity index (χ1) is 10.3. The Morgan fingerprint density at radius 3 is 2.71 bits per heavy atom. The standard InChI is InChI=1S/C15H17N5O/c21-13(16-15(8-9-15)14-17-19-20-18-14)12-7-2-1-6-11(12)10-4-3-5-10/h1-2,6-7,10H,3-5,8-9H2,(H,16,21)(H,17,18,19,20). The van der Waals surface area contributed by atoms with Gasteiger partial charge in [-0.25, -0.2) is 0 Å². The van der Waals surface area contributed by atoms with Gasteiger partial charge in [-0.1, -0.05) is 29.8 Å². The third-order valence-electron chi connectivity index (χ3n) is 4.63. The summed E-state index contributed by atoms with van der Waals surface area (Å²) in [5, 5.41) is 17.2. The molecule has 6 heteroatoms. The largest absolute Gasteiger partial charge is 0.339 e. The first-order valence-electron chi connectivity index (χ1n) is 7.44. The van der Waals surface area contributed by atoms with Crippen LogP contribution in [0.2, 0.25) is 0 Å². The minimum absolute atomic E-state index is 0.0280. The van der Waals surface area contributed by atoms with E-state index in [2.05, 4.69) is 32.0 Å². The number of carbonyl (C=O) groups excluding carboxylic acids is 1. The lowest BCUT2D eigenvalue weighted by atomic mass is 9.78. The van der Waals surface area contributed by atoms with Crippen LogP contribution >= 0.6 is 0 Å². The Morgan fingerprint density at radius 2 is 2.10 bits per heavy atom. The topological polar surface area (TPSA) is 83.6 Å². The third kappa shape index (κ3) is 2.11. The highest BCUT2D eigenvalue weighted by Crippen LogP contribution is 2.44. The van der Waals surface area contributed by atoms with E-state index in [9.17, 15) is 4.79 Å². The van der Waals surface area contributed by atoms with Gasteiger partial charge in [0.15, 0.2) is 5.82 Å². The molecule has 0 atom stereocenters. The lowest BCUT2D eigenvalue weighted by Crippen LogP contribution is -2.36. The summed E-state index contributed by atoms with van der Waals surface area (Å²) in [4.78, 5) is 12.7. The molecule has 108 valence electrons. The molecule has 6 nitrogen and oxygen atoms in total. The Morgan fingerprint density at radius 1 is 1.29 bits per heavy atom. The van der Waals surface area contributed by atoms with E-state index < -0.39 is 5.54 Å². The summed E-state index contributed by atoms with van der Waals surface area (Å²) in [5.41, 5.74) is 1.54. The molecule has 0 saturated heterocycles. The van der Waals surface area contributed by atoms with Gasteiger partial charge in [0.05, 0.1) is 0 Å². The number of tetrazole rings is 1. The summed E-state index contributed by atoms with van der Waals surface area (Å²) in [6, 6.07) is 7.92. The fourth-order valence-electron chi connectivity index (χ4n) is 2.96. The van der Waals surface area contributed by atoms with E-state index >= 15 is 0 Å². The molecular weight excluding hydrogens is 266 g/mol. The van der Waals surface area contributed by atoms with Gasteiger partial charge < -0.3 is 5.32 Å².